The first-order valence-corrected chi connectivity index (χ1v) is 8.99. The molecule has 24 heavy (non-hydrogen) atoms. The Hall–Kier alpha value is -1.84. The van der Waals surface area contributed by atoms with Gasteiger partial charge in [-0.05, 0) is 36.1 Å². The Balaban J connectivity index is 1.63. The topological polar surface area (TPSA) is 32.7 Å². The van der Waals surface area contributed by atoms with Crippen LogP contribution in [0.15, 0.2) is 48.5 Å². The number of phenolic OH excluding ortho intramolecular Hbond substituents is 1. The van der Waals surface area contributed by atoms with Crippen LogP contribution in [-0.2, 0) is 17.7 Å². The molecule has 1 heterocycles. The fourth-order valence-corrected chi connectivity index (χ4v) is 3.29. The molecule has 1 atom stereocenters. The molecule has 0 aliphatic carbocycles. The smallest absolute Gasteiger partial charge is 0.137 e. The average Bonchev–Trinajstić information content (AvgIpc) is 2.96. The standard InChI is InChI=1S/C21H27NO2/c1-2-3-6-15-24-21-20-8-5-4-7-18(20)16-22(21)14-13-17-9-11-19(23)12-10-17/h4-5,7-12,21,23H,2-3,6,13-16H2,1H3. The maximum Gasteiger partial charge on any atom is 0.137 e. The van der Waals surface area contributed by atoms with Crippen LogP contribution in [0.1, 0.15) is 49.1 Å². The van der Waals surface area contributed by atoms with Crippen molar-refractivity contribution in [1.29, 1.82) is 0 Å². The molecule has 0 amide bonds. The molecule has 0 fully saturated rings. The van der Waals surface area contributed by atoms with Gasteiger partial charge in [-0.15, -0.1) is 0 Å². The zero-order chi connectivity index (χ0) is 16.8. The normalized spacial score (nSPS) is 17.1. The van der Waals surface area contributed by atoms with Gasteiger partial charge in [-0.1, -0.05) is 56.2 Å². The van der Waals surface area contributed by atoms with Crippen LogP contribution < -0.4 is 0 Å². The lowest BCUT2D eigenvalue weighted by Crippen LogP contribution is -2.27. The maximum atomic E-state index is 9.41. The highest BCUT2D eigenvalue weighted by molar-refractivity contribution is 5.33. The van der Waals surface area contributed by atoms with Crippen molar-refractivity contribution in [3.8, 4) is 5.75 Å². The first kappa shape index (κ1) is 17.0. The highest BCUT2D eigenvalue weighted by Crippen LogP contribution is 2.34. The largest absolute Gasteiger partial charge is 0.508 e. The quantitative estimate of drug-likeness (QED) is 0.717. The van der Waals surface area contributed by atoms with Crippen LogP contribution in [0.5, 0.6) is 5.75 Å². The molecule has 2 aromatic rings. The molecule has 3 heteroatoms. The molecule has 1 aliphatic rings. The summed E-state index contributed by atoms with van der Waals surface area (Å²) in [6.07, 6.45) is 4.61. The summed E-state index contributed by atoms with van der Waals surface area (Å²) in [5.74, 6) is 0.324. The van der Waals surface area contributed by atoms with E-state index in [0.29, 0.717) is 5.75 Å². The van der Waals surface area contributed by atoms with Crippen molar-refractivity contribution in [2.24, 2.45) is 0 Å². The molecule has 0 bridgehead atoms. The molecular formula is C21H27NO2. The second-order valence-corrected chi connectivity index (χ2v) is 6.52. The second kappa shape index (κ2) is 8.32. The van der Waals surface area contributed by atoms with Gasteiger partial charge in [-0.2, -0.15) is 0 Å². The second-order valence-electron chi connectivity index (χ2n) is 6.52. The molecule has 0 saturated carbocycles. The maximum absolute atomic E-state index is 9.41. The Morgan fingerprint density at radius 3 is 2.67 bits per heavy atom. The molecule has 0 saturated heterocycles. The van der Waals surface area contributed by atoms with Crippen molar-refractivity contribution < 1.29 is 9.84 Å². The van der Waals surface area contributed by atoms with Gasteiger partial charge in [-0.3, -0.25) is 4.90 Å². The lowest BCUT2D eigenvalue weighted by molar-refractivity contribution is -0.0547. The summed E-state index contributed by atoms with van der Waals surface area (Å²) in [6, 6.07) is 16.1. The SMILES string of the molecule is CCCCCOC1c2ccccc2CN1CCc1ccc(O)cc1. The van der Waals surface area contributed by atoms with E-state index in [-0.39, 0.29) is 6.23 Å². The highest BCUT2D eigenvalue weighted by atomic mass is 16.5. The number of aromatic hydroxyl groups is 1. The molecule has 0 spiro atoms. The molecule has 1 unspecified atom stereocenters. The number of phenols is 1. The van der Waals surface area contributed by atoms with Crippen molar-refractivity contribution >= 4 is 0 Å². The molecule has 3 nitrogen and oxygen atoms in total. The van der Waals surface area contributed by atoms with Gasteiger partial charge in [0.2, 0.25) is 0 Å². The summed E-state index contributed by atoms with van der Waals surface area (Å²) in [7, 11) is 0. The van der Waals surface area contributed by atoms with E-state index >= 15 is 0 Å². The van der Waals surface area contributed by atoms with Gasteiger partial charge in [-0.25, -0.2) is 0 Å². The van der Waals surface area contributed by atoms with Crippen LogP contribution in [0, 0.1) is 0 Å². The van der Waals surface area contributed by atoms with Gasteiger partial charge in [0.05, 0.1) is 0 Å². The van der Waals surface area contributed by atoms with Gasteiger partial charge in [0.25, 0.3) is 0 Å². The molecule has 3 rings (SSSR count). The summed E-state index contributed by atoms with van der Waals surface area (Å²) in [6.45, 7) is 4.95. The third-order valence-electron chi connectivity index (χ3n) is 4.67. The summed E-state index contributed by atoms with van der Waals surface area (Å²) in [5, 5.41) is 9.41. The fraction of sp³-hybridized carbons (Fsp3) is 0.429. The fourth-order valence-electron chi connectivity index (χ4n) is 3.29. The van der Waals surface area contributed by atoms with E-state index in [4.69, 9.17) is 4.74 Å². The number of nitrogens with zero attached hydrogens (tertiary/aromatic N) is 1. The van der Waals surface area contributed by atoms with Crippen LogP contribution >= 0.6 is 0 Å². The predicted octanol–water partition coefficient (Wildman–Crippen LogP) is 4.66. The van der Waals surface area contributed by atoms with Crippen molar-refractivity contribution in [3.63, 3.8) is 0 Å². The van der Waals surface area contributed by atoms with E-state index in [9.17, 15) is 5.11 Å². The molecule has 0 aromatic heterocycles. The van der Waals surface area contributed by atoms with Gasteiger partial charge >= 0.3 is 0 Å². The van der Waals surface area contributed by atoms with E-state index < -0.39 is 0 Å². The van der Waals surface area contributed by atoms with Crippen molar-refractivity contribution in [2.75, 3.05) is 13.2 Å². The Kier molecular flexibility index (Phi) is 5.89. The van der Waals surface area contributed by atoms with Crippen LogP contribution in [0.2, 0.25) is 0 Å². The molecule has 128 valence electrons. The van der Waals surface area contributed by atoms with Crippen molar-refractivity contribution in [1.82, 2.24) is 4.90 Å². The summed E-state index contributed by atoms with van der Waals surface area (Å²) in [4.78, 5) is 2.42. The predicted molar refractivity (Wildman–Crippen MR) is 96.9 cm³/mol. The third kappa shape index (κ3) is 4.16. The van der Waals surface area contributed by atoms with E-state index in [1.165, 1.54) is 29.5 Å². The minimum absolute atomic E-state index is 0.0789. The Morgan fingerprint density at radius 2 is 1.88 bits per heavy atom. The molecule has 2 aromatic carbocycles. The van der Waals surface area contributed by atoms with Crippen LogP contribution in [0.25, 0.3) is 0 Å². The van der Waals surface area contributed by atoms with Gasteiger partial charge < -0.3 is 9.84 Å². The first-order valence-electron chi connectivity index (χ1n) is 8.99. The number of hydrogen-bond acceptors (Lipinski definition) is 3. The molecule has 1 N–H and O–H groups in total. The number of rotatable bonds is 8. The average molecular weight is 325 g/mol. The molecule has 1 aliphatic heterocycles. The van der Waals surface area contributed by atoms with Crippen LogP contribution in [0.4, 0.5) is 0 Å². The minimum Gasteiger partial charge on any atom is -0.508 e. The van der Waals surface area contributed by atoms with Crippen LogP contribution in [-0.4, -0.2) is 23.2 Å². The monoisotopic (exact) mass is 325 g/mol. The lowest BCUT2D eigenvalue weighted by Gasteiger charge is -2.25. The van der Waals surface area contributed by atoms with Crippen molar-refractivity contribution in [3.05, 3.63) is 65.2 Å². The van der Waals surface area contributed by atoms with Gasteiger partial charge in [0.1, 0.15) is 12.0 Å². The number of fused-ring (bicyclic) bond motifs is 1. The summed E-state index contributed by atoms with van der Waals surface area (Å²) in [5.41, 5.74) is 3.94. The van der Waals surface area contributed by atoms with E-state index in [2.05, 4.69) is 36.1 Å². The Labute approximate surface area is 144 Å². The number of hydrogen-bond donors (Lipinski definition) is 1. The summed E-state index contributed by atoms with van der Waals surface area (Å²) >= 11 is 0. The van der Waals surface area contributed by atoms with Gasteiger partial charge in [0, 0.05) is 25.3 Å². The van der Waals surface area contributed by atoms with Crippen LogP contribution in [0.3, 0.4) is 0 Å². The molecular weight excluding hydrogens is 298 g/mol. The molecule has 0 radical (unpaired) electrons. The Morgan fingerprint density at radius 1 is 1.08 bits per heavy atom. The van der Waals surface area contributed by atoms with E-state index in [1.54, 1.807) is 12.1 Å². The zero-order valence-electron chi connectivity index (χ0n) is 14.4. The van der Waals surface area contributed by atoms with Crippen molar-refractivity contribution in [2.45, 2.75) is 45.4 Å². The van der Waals surface area contributed by atoms with Gasteiger partial charge in [0.15, 0.2) is 0 Å². The van der Waals surface area contributed by atoms with E-state index in [0.717, 1.165) is 32.5 Å². The summed E-state index contributed by atoms with van der Waals surface area (Å²) < 4.78 is 6.24. The zero-order valence-corrected chi connectivity index (χ0v) is 14.4. The van der Waals surface area contributed by atoms with E-state index in [1.807, 2.05) is 12.1 Å². The number of unbranched alkanes of at least 4 members (excludes halogenated alkanes) is 2. The number of ether oxygens (including phenoxy) is 1. The Bertz CT molecular complexity index is 639. The lowest BCUT2D eigenvalue weighted by atomic mass is 10.1. The third-order valence-corrected chi connectivity index (χ3v) is 4.67. The minimum atomic E-state index is 0.0789. The highest BCUT2D eigenvalue weighted by Gasteiger charge is 2.29. The first-order chi connectivity index (χ1) is 11.8. The number of benzene rings is 2.